The van der Waals surface area contributed by atoms with E-state index < -0.39 is 12.0 Å². The highest BCUT2D eigenvalue weighted by Gasteiger charge is 2.19. The number of pyridine rings is 1. The zero-order valence-electron chi connectivity index (χ0n) is 10.3. The molecule has 1 unspecified atom stereocenters. The molecule has 0 bridgehead atoms. The highest BCUT2D eigenvalue weighted by molar-refractivity contribution is 9.10. The van der Waals surface area contributed by atoms with Gasteiger partial charge < -0.3 is 15.2 Å². The van der Waals surface area contributed by atoms with Gasteiger partial charge in [-0.15, -0.1) is 0 Å². The van der Waals surface area contributed by atoms with Crippen molar-refractivity contribution < 1.29 is 14.6 Å². The number of methoxy groups -OCH3 is 1. The first kappa shape index (κ1) is 13.8. The molecule has 1 aromatic heterocycles. The van der Waals surface area contributed by atoms with Gasteiger partial charge in [-0.3, -0.25) is 0 Å². The van der Waals surface area contributed by atoms with Gasteiger partial charge in [0.2, 0.25) is 0 Å². The topological polar surface area (TPSA) is 71.5 Å². The lowest BCUT2D eigenvalue weighted by atomic mass is 10.1. The molecule has 100 valence electrons. The minimum Gasteiger partial charge on any atom is -0.467 e. The van der Waals surface area contributed by atoms with Gasteiger partial charge in [0, 0.05) is 21.4 Å². The summed E-state index contributed by atoms with van der Waals surface area (Å²) in [6.45, 7) is -0.362. The van der Waals surface area contributed by atoms with Crippen molar-refractivity contribution in [3.05, 3.63) is 34.9 Å². The molecule has 0 saturated heterocycles. The number of hydrogen-bond acceptors (Lipinski definition) is 5. The number of carbonyl (C=O) groups excluding carboxylic acids is 1. The molecular formula is C13H13BrN2O3. The van der Waals surface area contributed by atoms with Gasteiger partial charge in [-0.1, -0.05) is 28.1 Å². The van der Waals surface area contributed by atoms with Crippen LogP contribution in [0.5, 0.6) is 0 Å². The van der Waals surface area contributed by atoms with Gasteiger partial charge in [-0.2, -0.15) is 0 Å². The summed E-state index contributed by atoms with van der Waals surface area (Å²) < 4.78 is 5.55. The van der Waals surface area contributed by atoms with Crippen molar-refractivity contribution in [2.24, 2.45) is 0 Å². The van der Waals surface area contributed by atoms with E-state index in [1.165, 1.54) is 7.11 Å². The molecule has 1 heterocycles. The molecule has 6 heteroatoms. The van der Waals surface area contributed by atoms with Crippen LogP contribution in [0.15, 0.2) is 34.9 Å². The maximum atomic E-state index is 11.5. The number of nitrogens with one attached hydrogen (secondary N) is 1. The summed E-state index contributed by atoms with van der Waals surface area (Å²) in [5.74, 6) is -0.000417. The molecule has 0 aliphatic heterocycles. The molecule has 2 N–H and O–H groups in total. The lowest BCUT2D eigenvalue weighted by Crippen LogP contribution is -2.34. The summed E-state index contributed by atoms with van der Waals surface area (Å²) >= 11 is 3.46. The molecule has 19 heavy (non-hydrogen) atoms. The number of anilines is 1. The maximum Gasteiger partial charge on any atom is 0.330 e. The normalized spacial score (nSPS) is 12.2. The molecule has 0 amide bonds. The van der Waals surface area contributed by atoms with Gasteiger partial charge in [0.15, 0.2) is 0 Å². The Balaban J connectivity index is 2.40. The third kappa shape index (κ3) is 2.85. The van der Waals surface area contributed by atoms with Crippen LogP contribution < -0.4 is 5.32 Å². The predicted octanol–water partition coefficient (Wildman–Crippen LogP) is 1.94. The average Bonchev–Trinajstić information content (AvgIpc) is 2.44. The molecule has 0 aliphatic rings. The lowest BCUT2D eigenvalue weighted by molar-refractivity contribution is -0.142. The van der Waals surface area contributed by atoms with Gasteiger partial charge in [-0.05, 0) is 12.1 Å². The number of nitrogens with zero attached hydrogens (tertiary/aromatic N) is 1. The second-order valence-electron chi connectivity index (χ2n) is 3.90. The highest BCUT2D eigenvalue weighted by atomic mass is 79.9. The van der Waals surface area contributed by atoms with Gasteiger partial charge in [0.1, 0.15) is 11.9 Å². The summed E-state index contributed by atoms with van der Waals surface area (Å²) in [6, 6.07) is 6.74. The Morgan fingerprint density at radius 2 is 2.26 bits per heavy atom. The Labute approximate surface area is 118 Å². The average molecular weight is 325 g/mol. The third-order valence-electron chi connectivity index (χ3n) is 2.73. The zero-order valence-corrected chi connectivity index (χ0v) is 11.8. The summed E-state index contributed by atoms with van der Waals surface area (Å²) in [6.07, 6.45) is 1.64. The van der Waals surface area contributed by atoms with Crippen molar-refractivity contribution in [2.75, 3.05) is 19.0 Å². The number of aromatic nitrogens is 1. The second-order valence-corrected chi connectivity index (χ2v) is 4.75. The first-order chi connectivity index (χ1) is 9.17. The molecule has 0 spiro atoms. The summed E-state index contributed by atoms with van der Waals surface area (Å²) in [5, 5.41) is 13.9. The van der Waals surface area contributed by atoms with Crippen LogP contribution in [0.25, 0.3) is 10.8 Å². The van der Waals surface area contributed by atoms with Crippen LogP contribution in [0.2, 0.25) is 0 Å². The number of halogens is 1. The van der Waals surface area contributed by atoms with E-state index in [4.69, 9.17) is 0 Å². The largest absolute Gasteiger partial charge is 0.467 e. The Morgan fingerprint density at radius 3 is 2.95 bits per heavy atom. The second kappa shape index (κ2) is 5.99. The van der Waals surface area contributed by atoms with Crippen molar-refractivity contribution in [3.63, 3.8) is 0 Å². The molecule has 2 rings (SSSR count). The minimum absolute atomic E-state index is 0.362. The number of carbonyl (C=O) groups is 1. The Bertz CT molecular complexity index is 603. The summed E-state index contributed by atoms with van der Waals surface area (Å²) in [5.41, 5.74) is 0. The van der Waals surface area contributed by atoms with E-state index in [2.05, 4.69) is 31.0 Å². The van der Waals surface area contributed by atoms with E-state index in [1.54, 1.807) is 6.20 Å². The monoisotopic (exact) mass is 324 g/mol. The molecular weight excluding hydrogens is 312 g/mol. The number of rotatable bonds is 4. The molecule has 1 atom stereocenters. The molecule has 0 radical (unpaired) electrons. The quantitative estimate of drug-likeness (QED) is 0.841. The van der Waals surface area contributed by atoms with Crippen molar-refractivity contribution in [1.29, 1.82) is 0 Å². The fraction of sp³-hybridized carbons (Fsp3) is 0.231. The first-order valence-corrected chi connectivity index (χ1v) is 6.45. The lowest BCUT2D eigenvalue weighted by Gasteiger charge is -2.16. The van der Waals surface area contributed by atoms with Crippen molar-refractivity contribution in [1.82, 2.24) is 4.98 Å². The highest BCUT2D eigenvalue weighted by Crippen LogP contribution is 2.27. The van der Waals surface area contributed by atoms with Gasteiger partial charge in [-0.25, -0.2) is 9.78 Å². The van der Waals surface area contributed by atoms with Crippen molar-refractivity contribution in [3.8, 4) is 0 Å². The fourth-order valence-corrected chi connectivity index (χ4v) is 2.27. The number of hydrogen-bond donors (Lipinski definition) is 2. The van der Waals surface area contributed by atoms with Crippen LogP contribution in [-0.4, -0.2) is 35.8 Å². The first-order valence-electron chi connectivity index (χ1n) is 5.66. The molecule has 2 aromatic rings. The Morgan fingerprint density at radius 1 is 1.47 bits per heavy atom. The summed E-state index contributed by atoms with van der Waals surface area (Å²) in [7, 11) is 1.28. The predicted molar refractivity (Wildman–Crippen MR) is 76.0 cm³/mol. The van der Waals surface area contributed by atoms with Crippen LogP contribution in [0, 0.1) is 0 Å². The smallest absolute Gasteiger partial charge is 0.330 e. The molecule has 0 aliphatic carbocycles. The van der Waals surface area contributed by atoms with E-state index in [0.717, 1.165) is 15.2 Å². The SMILES string of the molecule is COC(=O)C(CO)Nc1nccc2c(Br)cccc12. The number of fused-ring (bicyclic) bond motifs is 1. The summed E-state index contributed by atoms with van der Waals surface area (Å²) in [4.78, 5) is 15.7. The fourth-order valence-electron chi connectivity index (χ4n) is 1.77. The number of aliphatic hydroxyl groups excluding tert-OH is 1. The zero-order chi connectivity index (χ0) is 13.8. The van der Waals surface area contributed by atoms with E-state index in [0.29, 0.717) is 5.82 Å². The molecule has 5 nitrogen and oxygen atoms in total. The third-order valence-corrected chi connectivity index (χ3v) is 3.42. The maximum absolute atomic E-state index is 11.5. The van der Waals surface area contributed by atoms with Crippen LogP contribution in [0.1, 0.15) is 0 Å². The minimum atomic E-state index is -0.831. The van der Waals surface area contributed by atoms with Crippen LogP contribution in [-0.2, 0) is 9.53 Å². The van der Waals surface area contributed by atoms with E-state index in [-0.39, 0.29) is 6.61 Å². The van der Waals surface area contributed by atoms with E-state index in [1.807, 2.05) is 24.3 Å². The van der Waals surface area contributed by atoms with Crippen LogP contribution in [0.3, 0.4) is 0 Å². The van der Waals surface area contributed by atoms with E-state index in [9.17, 15) is 9.90 Å². The number of benzene rings is 1. The number of ether oxygens (including phenoxy) is 1. The number of aliphatic hydroxyl groups is 1. The van der Waals surface area contributed by atoms with Gasteiger partial charge >= 0.3 is 5.97 Å². The Kier molecular flexibility index (Phi) is 4.34. The van der Waals surface area contributed by atoms with Crippen LogP contribution >= 0.6 is 15.9 Å². The van der Waals surface area contributed by atoms with Crippen molar-refractivity contribution >= 4 is 38.5 Å². The van der Waals surface area contributed by atoms with Gasteiger partial charge in [0.25, 0.3) is 0 Å². The van der Waals surface area contributed by atoms with Crippen LogP contribution in [0.4, 0.5) is 5.82 Å². The van der Waals surface area contributed by atoms with Gasteiger partial charge in [0.05, 0.1) is 13.7 Å². The molecule has 0 saturated carbocycles. The molecule has 1 aromatic carbocycles. The standard InChI is InChI=1S/C13H13BrN2O3/c1-19-13(18)11(7-17)16-12-9-3-2-4-10(14)8(9)5-6-15-12/h2-6,11,17H,7H2,1H3,(H,15,16). The molecule has 0 fully saturated rings. The van der Waals surface area contributed by atoms with E-state index >= 15 is 0 Å². The Hall–Kier alpha value is -1.66. The number of esters is 1. The van der Waals surface area contributed by atoms with Crippen molar-refractivity contribution in [2.45, 2.75) is 6.04 Å².